The largest absolute Gasteiger partial charge is 0.448 e. The van der Waals surface area contributed by atoms with Gasteiger partial charge in [-0.05, 0) is 0 Å². The predicted octanol–water partition coefficient (Wildman–Crippen LogP) is -0.526. The molecule has 0 aliphatic carbocycles. The molecule has 1 aromatic heterocycles. The van der Waals surface area contributed by atoms with E-state index in [0.717, 1.165) is 6.20 Å². The van der Waals surface area contributed by atoms with Crippen LogP contribution >= 0.6 is 0 Å². The summed E-state index contributed by atoms with van der Waals surface area (Å²) in [4.78, 5) is 27.4. The van der Waals surface area contributed by atoms with Crippen molar-refractivity contribution in [1.82, 2.24) is 9.97 Å². The molecule has 1 aromatic rings. The lowest BCUT2D eigenvalue weighted by Crippen LogP contribution is -2.19. The molecule has 0 aliphatic heterocycles. The van der Waals surface area contributed by atoms with Gasteiger partial charge in [0.1, 0.15) is 12.8 Å². The van der Waals surface area contributed by atoms with E-state index in [-0.39, 0.29) is 30.6 Å². The first-order valence-electron chi connectivity index (χ1n) is 4.43. The molecule has 0 unspecified atom stereocenters. The summed E-state index contributed by atoms with van der Waals surface area (Å²) >= 11 is 0. The fourth-order valence-electron chi connectivity index (χ4n) is 0.974. The topological polar surface area (TPSA) is 159 Å². The quantitative estimate of drug-likeness (QED) is 0.353. The highest BCUT2D eigenvalue weighted by molar-refractivity contribution is 5.64. The molecule has 1 rings (SSSR count). The minimum Gasteiger partial charge on any atom is -0.448 e. The number of primary amides is 1. The van der Waals surface area contributed by atoms with Crippen LogP contribution in [0.3, 0.4) is 0 Å². The highest BCUT2D eigenvalue weighted by Gasteiger charge is 2.15. The molecule has 0 aliphatic rings. The molecule has 0 saturated heterocycles. The monoisotopic (exact) mass is 242 g/mol. The first-order chi connectivity index (χ1) is 8.00. The summed E-state index contributed by atoms with van der Waals surface area (Å²) in [7, 11) is 0. The second kappa shape index (κ2) is 5.44. The van der Waals surface area contributed by atoms with E-state index in [9.17, 15) is 14.9 Å². The smallest absolute Gasteiger partial charge is 0.404 e. The lowest BCUT2D eigenvalue weighted by molar-refractivity contribution is -0.384. The van der Waals surface area contributed by atoms with Gasteiger partial charge in [-0.2, -0.15) is 4.98 Å². The molecule has 0 atom stereocenters. The third-order valence-corrected chi connectivity index (χ3v) is 1.62. The summed E-state index contributed by atoms with van der Waals surface area (Å²) in [5, 5.41) is 13.2. The maximum atomic E-state index is 10.6. The number of ether oxygens (including phenoxy) is 1. The molecule has 10 heteroatoms. The van der Waals surface area contributed by atoms with Crippen molar-refractivity contribution in [3.05, 3.63) is 16.3 Å². The number of nitrogens with one attached hydrogen (secondary N) is 1. The van der Waals surface area contributed by atoms with Crippen molar-refractivity contribution in [1.29, 1.82) is 0 Å². The fraction of sp³-hybridized carbons (Fsp3) is 0.286. The summed E-state index contributed by atoms with van der Waals surface area (Å²) in [6, 6.07) is 0. The van der Waals surface area contributed by atoms with Gasteiger partial charge in [0.15, 0.2) is 0 Å². The molecule has 0 saturated carbocycles. The van der Waals surface area contributed by atoms with E-state index >= 15 is 0 Å². The molecule has 0 aromatic carbocycles. The molecule has 0 fully saturated rings. The molecule has 17 heavy (non-hydrogen) atoms. The van der Waals surface area contributed by atoms with Crippen molar-refractivity contribution in [3.63, 3.8) is 0 Å². The average molecular weight is 242 g/mol. The number of aromatic nitrogens is 2. The van der Waals surface area contributed by atoms with Crippen molar-refractivity contribution in [2.24, 2.45) is 5.73 Å². The van der Waals surface area contributed by atoms with Gasteiger partial charge in [-0.1, -0.05) is 0 Å². The minimum absolute atomic E-state index is 0.0452. The number of rotatable bonds is 5. The molecule has 10 nitrogen and oxygen atoms in total. The molecule has 1 heterocycles. The Morgan fingerprint density at radius 1 is 1.65 bits per heavy atom. The Hall–Kier alpha value is -2.65. The van der Waals surface area contributed by atoms with Crippen molar-refractivity contribution >= 4 is 23.5 Å². The van der Waals surface area contributed by atoms with Gasteiger partial charge in [0.2, 0.25) is 11.8 Å². The van der Waals surface area contributed by atoms with Gasteiger partial charge < -0.3 is 21.5 Å². The first kappa shape index (κ1) is 12.4. The number of carbonyl (C=O) groups is 1. The van der Waals surface area contributed by atoms with Gasteiger partial charge >= 0.3 is 11.8 Å². The van der Waals surface area contributed by atoms with E-state index < -0.39 is 11.0 Å². The molecule has 0 spiro atoms. The summed E-state index contributed by atoms with van der Waals surface area (Å²) in [5.74, 6) is -0.149. The fourth-order valence-corrected chi connectivity index (χ4v) is 0.974. The number of nitrogens with zero attached hydrogens (tertiary/aromatic N) is 3. The second-order valence-electron chi connectivity index (χ2n) is 2.81. The molecule has 0 bridgehead atoms. The Kier molecular flexibility index (Phi) is 3.97. The number of anilines is 2. The summed E-state index contributed by atoms with van der Waals surface area (Å²) < 4.78 is 4.43. The van der Waals surface area contributed by atoms with Crippen LogP contribution in [-0.4, -0.2) is 34.1 Å². The highest BCUT2D eigenvalue weighted by Crippen LogP contribution is 2.20. The van der Waals surface area contributed by atoms with Gasteiger partial charge in [0, 0.05) is 0 Å². The zero-order valence-corrected chi connectivity index (χ0v) is 8.62. The standard InChI is InChI=1S/C7H10N6O4/c8-6-11-3-4(13(15)16)5(12-6)10-1-2-17-7(9)14/h3H,1-2H2,(H2,9,14)(H3,8,10,11,12). The van der Waals surface area contributed by atoms with Gasteiger partial charge in [-0.3, -0.25) is 10.1 Å². The van der Waals surface area contributed by atoms with Gasteiger partial charge in [0.25, 0.3) is 0 Å². The maximum Gasteiger partial charge on any atom is 0.404 e. The normalized spacial score (nSPS) is 9.65. The van der Waals surface area contributed by atoms with E-state index in [1.54, 1.807) is 0 Å². The maximum absolute atomic E-state index is 10.6. The Labute approximate surface area is 95.1 Å². The number of amides is 1. The number of hydrogen-bond donors (Lipinski definition) is 3. The van der Waals surface area contributed by atoms with Gasteiger partial charge in [-0.15, -0.1) is 0 Å². The van der Waals surface area contributed by atoms with E-state index in [2.05, 4.69) is 20.0 Å². The Balaban J connectivity index is 2.65. The molecule has 0 radical (unpaired) electrons. The number of nitrogens with two attached hydrogens (primary N) is 2. The zero-order valence-electron chi connectivity index (χ0n) is 8.62. The molecule has 5 N–H and O–H groups in total. The van der Waals surface area contributed by atoms with Crippen LogP contribution in [-0.2, 0) is 4.74 Å². The lowest BCUT2D eigenvalue weighted by Gasteiger charge is -2.06. The Morgan fingerprint density at radius 3 is 2.94 bits per heavy atom. The number of nitro groups is 1. The average Bonchev–Trinajstić information content (AvgIpc) is 2.23. The van der Waals surface area contributed by atoms with Crippen LogP contribution in [0.15, 0.2) is 6.20 Å². The van der Waals surface area contributed by atoms with Crippen LogP contribution < -0.4 is 16.8 Å². The minimum atomic E-state index is -0.927. The Bertz CT molecular complexity index is 436. The zero-order chi connectivity index (χ0) is 12.8. The molecular weight excluding hydrogens is 232 g/mol. The van der Waals surface area contributed by atoms with E-state index in [0.29, 0.717) is 0 Å². The third kappa shape index (κ3) is 3.77. The van der Waals surface area contributed by atoms with Crippen LogP contribution in [0.25, 0.3) is 0 Å². The van der Waals surface area contributed by atoms with Crippen LogP contribution in [0.5, 0.6) is 0 Å². The number of nitrogen functional groups attached to an aromatic ring is 1. The summed E-state index contributed by atoms with van der Waals surface area (Å²) in [6.07, 6.45) is 0.0584. The van der Waals surface area contributed by atoms with E-state index in [1.807, 2.05) is 0 Å². The van der Waals surface area contributed by atoms with Crippen molar-refractivity contribution in [3.8, 4) is 0 Å². The lowest BCUT2D eigenvalue weighted by atomic mass is 10.4. The number of hydrogen-bond acceptors (Lipinski definition) is 8. The van der Waals surface area contributed by atoms with Crippen LogP contribution in [0.2, 0.25) is 0 Å². The summed E-state index contributed by atoms with van der Waals surface area (Å²) in [5.41, 5.74) is 9.70. The van der Waals surface area contributed by atoms with Crippen LogP contribution in [0, 0.1) is 10.1 Å². The van der Waals surface area contributed by atoms with E-state index in [1.165, 1.54) is 0 Å². The highest BCUT2D eigenvalue weighted by atomic mass is 16.6. The van der Waals surface area contributed by atoms with Crippen LogP contribution in [0.4, 0.5) is 22.2 Å². The van der Waals surface area contributed by atoms with Crippen molar-refractivity contribution in [2.75, 3.05) is 24.2 Å². The van der Waals surface area contributed by atoms with Crippen molar-refractivity contribution in [2.45, 2.75) is 0 Å². The molecular formula is C7H10N6O4. The van der Waals surface area contributed by atoms with Crippen LogP contribution in [0.1, 0.15) is 0 Å². The number of carbonyl (C=O) groups excluding carboxylic acids is 1. The van der Waals surface area contributed by atoms with Gasteiger partial charge in [-0.25, -0.2) is 9.78 Å². The molecule has 1 amide bonds. The van der Waals surface area contributed by atoms with Gasteiger partial charge in [0.05, 0.1) is 11.5 Å². The summed E-state index contributed by atoms with van der Waals surface area (Å²) in [6.45, 7) is 0.0661. The van der Waals surface area contributed by atoms with Crippen molar-refractivity contribution < 1.29 is 14.5 Å². The Morgan fingerprint density at radius 2 is 2.35 bits per heavy atom. The second-order valence-corrected chi connectivity index (χ2v) is 2.81. The van der Waals surface area contributed by atoms with E-state index in [4.69, 9.17) is 11.5 Å². The first-order valence-corrected chi connectivity index (χ1v) is 4.43. The SMILES string of the molecule is NC(=O)OCCNc1nc(N)ncc1[N+](=O)[O-]. The molecule has 92 valence electrons. The predicted molar refractivity (Wildman–Crippen MR) is 57.1 cm³/mol. The third-order valence-electron chi connectivity index (χ3n) is 1.62.